The Hall–Kier alpha value is -0.460. The molecule has 22 heavy (non-hydrogen) atoms. The van der Waals surface area contributed by atoms with Gasteiger partial charge in [-0.25, -0.2) is 0 Å². The molecule has 2 bridgehead atoms. The molecule has 0 aliphatic heterocycles. The lowest BCUT2D eigenvalue weighted by molar-refractivity contribution is -0.403. The summed E-state index contributed by atoms with van der Waals surface area (Å²) < 4.78 is 85.4. The van der Waals surface area contributed by atoms with E-state index in [2.05, 4.69) is 4.74 Å². The number of hydrogen-bond donors (Lipinski definition) is 0. The van der Waals surface area contributed by atoms with Crippen LogP contribution in [0.2, 0.25) is 0 Å². The van der Waals surface area contributed by atoms with Gasteiger partial charge in [-0.2, -0.15) is 26.3 Å². The van der Waals surface area contributed by atoms with E-state index in [4.69, 9.17) is 0 Å². The maximum absolute atomic E-state index is 13.5. The first-order valence-corrected chi connectivity index (χ1v) is 7.59. The summed E-state index contributed by atoms with van der Waals surface area (Å²) in [6.07, 6.45) is -9.12. The highest BCUT2D eigenvalue weighted by Gasteiger charge is 2.74. The van der Waals surface area contributed by atoms with Crippen LogP contribution in [0.15, 0.2) is 0 Å². The summed E-state index contributed by atoms with van der Waals surface area (Å²) in [5.41, 5.74) is -5.62. The molecular formula is C15H22F6O. The third-order valence-corrected chi connectivity index (χ3v) is 4.83. The molecule has 2 aliphatic rings. The molecule has 0 saturated heterocycles. The molecule has 2 saturated carbocycles. The van der Waals surface area contributed by atoms with Gasteiger partial charge in [0.2, 0.25) is 0 Å². The van der Waals surface area contributed by atoms with E-state index in [1.807, 2.05) is 0 Å². The number of hydrogen-bond acceptors (Lipinski definition) is 1. The minimum atomic E-state index is -5.49. The Morgan fingerprint density at radius 2 is 1.41 bits per heavy atom. The summed E-state index contributed by atoms with van der Waals surface area (Å²) in [5.74, 6) is -0.314. The molecule has 130 valence electrons. The van der Waals surface area contributed by atoms with Crippen molar-refractivity contribution in [2.75, 3.05) is 0 Å². The fourth-order valence-corrected chi connectivity index (χ4v) is 4.07. The van der Waals surface area contributed by atoms with Crippen LogP contribution in [0.4, 0.5) is 26.3 Å². The third-order valence-electron chi connectivity index (χ3n) is 4.83. The summed E-state index contributed by atoms with van der Waals surface area (Å²) in [4.78, 5) is 0. The van der Waals surface area contributed by atoms with Crippen LogP contribution in [-0.4, -0.2) is 23.6 Å². The average Bonchev–Trinajstić information content (AvgIpc) is 2.84. The van der Waals surface area contributed by atoms with Gasteiger partial charge in [0.05, 0.1) is 5.60 Å². The summed E-state index contributed by atoms with van der Waals surface area (Å²) in [6, 6.07) is 0. The first-order chi connectivity index (χ1) is 9.75. The number of alkyl halides is 6. The smallest absolute Gasteiger partial charge is 0.352 e. The van der Waals surface area contributed by atoms with Gasteiger partial charge in [0.1, 0.15) is 0 Å². The van der Waals surface area contributed by atoms with Gasteiger partial charge in [0.15, 0.2) is 0 Å². The van der Waals surface area contributed by atoms with E-state index in [1.165, 1.54) is 20.8 Å². The first kappa shape index (κ1) is 17.9. The van der Waals surface area contributed by atoms with Crippen LogP contribution < -0.4 is 0 Å². The first-order valence-electron chi connectivity index (χ1n) is 7.59. The zero-order chi connectivity index (χ0) is 17.0. The molecule has 2 rings (SSSR count). The Kier molecular flexibility index (Phi) is 4.29. The van der Waals surface area contributed by atoms with Crippen LogP contribution in [0.5, 0.6) is 0 Å². The minimum Gasteiger partial charge on any atom is -0.352 e. The highest BCUT2D eigenvalue weighted by atomic mass is 19.4. The zero-order valence-corrected chi connectivity index (χ0v) is 12.9. The number of rotatable bonds is 3. The summed E-state index contributed by atoms with van der Waals surface area (Å²) >= 11 is 0. The second-order valence-corrected chi connectivity index (χ2v) is 7.68. The molecule has 0 spiro atoms. The Morgan fingerprint density at radius 1 is 0.864 bits per heavy atom. The SMILES string of the molecule is CC(C)(C)OC(CC1CC2CCC1C2)(C(F)(F)F)C(F)(F)F. The van der Waals surface area contributed by atoms with Crippen molar-refractivity contribution >= 4 is 0 Å². The van der Waals surface area contributed by atoms with Crippen molar-refractivity contribution in [3.8, 4) is 0 Å². The molecule has 0 amide bonds. The summed E-state index contributed by atoms with van der Waals surface area (Å²) in [7, 11) is 0. The van der Waals surface area contributed by atoms with E-state index in [0.717, 1.165) is 19.3 Å². The Balaban J connectivity index is 2.35. The van der Waals surface area contributed by atoms with Crippen LogP contribution in [0.1, 0.15) is 52.9 Å². The second-order valence-electron chi connectivity index (χ2n) is 7.68. The van der Waals surface area contributed by atoms with Crippen molar-refractivity contribution in [1.82, 2.24) is 0 Å². The minimum absolute atomic E-state index is 0.0300. The Bertz CT molecular complexity index is 392. The van der Waals surface area contributed by atoms with Crippen molar-refractivity contribution in [2.45, 2.75) is 76.4 Å². The van der Waals surface area contributed by atoms with E-state index in [1.54, 1.807) is 0 Å². The predicted octanol–water partition coefficient (Wildman–Crippen LogP) is 5.49. The molecule has 2 fully saturated rings. The quantitative estimate of drug-likeness (QED) is 0.621. The van der Waals surface area contributed by atoms with Crippen molar-refractivity contribution in [1.29, 1.82) is 0 Å². The number of fused-ring (bicyclic) bond motifs is 2. The topological polar surface area (TPSA) is 9.23 Å². The van der Waals surface area contributed by atoms with E-state index >= 15 is 0 Å². The van der Waals surface area contributed by atoms with E-state index < -0.39 is 35.9 Å². The van der Waals surface area contributed by atoms with Gasteiger partial charge in [0, 0.05) is 0 Å². The van der Waals surface area contributed by atoms with E-state index in [0.29, 0.717) is 6.42 Å². The molecule has 0 N–H and O–H groups in total. The molecule has 7 heteroatoms. The second kappa shape index (κ2) is 5.28. The van der Waals surface area contributed by atoms with Crippen molar-refractivity contribution in [3.05, 3.63) is 0 Å². The molecule has 0 heterocycles. The number of ether oxygens (including phenoxy) is 1. The van der Waals surface area contributed by atoms with Gasteiger partial charge < -0.3 is 4.74 Å². The van der Waals surface area contributed by atoms with Crippen LogP contribution >= 0.6 is 0 Å². The van der Waals surface area contributed by atoms with Crippen LogP contribution in [-0.2, 0) is 4.74 Å². The molecule has 0 aromatic rings. The zero-order valence-electron chi connectivity index (χ0n) is 12.9. The maximum Gasteiger partial charge on any atom is 0.426 e. The molecule has 0 aromatic carbocycles. The lowest BCUT2D eigenvalue weighted by atomic mass is 9.79. The van der Waals surface area contributed by atoms with E-state index in [-0.39, 0.29) is 11.8 Å². The van der Waals surface area contributed by atoms with Crippen LogP contribution in [0.3, 0.4) is 0 Å². The van der Waals surface area contributed by atoms with Gasteiger partial charge in [-0.3, -0.25) is 0 Å². The lowest BCUT2D eigenvalue weighted by Crippen LogP contribution is -2.62. The summed E-state index contributed by atoms with van der Waals surface area (Å²) in [6.45, 7) is 3.67. The van der Waals surface area contributed by atoms with Gasteiger partial charge in [-0.15, -0.1) is 0 Å². The van der Waals surface area contributed by atoms with Crippen molar-refractivity contribution in [2.24, 2.45) is 17.8 Å². The fraction of sp³-hybridized carbons (Fsp3) is 1.00. The average molecular weight is 332 g/mol. The molecule has 1 nitrogen and oxygen atoms in total. The van der Waals surface area contributed by atoms with Gasteiger partial charge in [0.25, 0.3) is 5.60 Å². The summed E-state index contributed by atoms with van der Waals surface area (Å²) in [5, 5.41) is 0. The normalized spacial score (nSPS) is 30.1. The maximum atomic E-state index is 13.5. The van der Waals surface area contributed by atoms with Crippen molar-refractivity contribution in [3.63, 3.8) is 0 Å². The molecule has 2 aliphatic carbocycles. The lowest BCUT2D eigenvalue weighted by Gasteiger charge is -2.43. The predicted molar refractivity (Wildman–Crippen MR) is 69.2 cm³/mol. The van der Waals surface area contributed by atoms with Gasteiger partial charge >= 0.3 is 12.4 Å². The highest BCUT2D eigenvalue weighted by molar-refractivity contribution is 5.02. The molecule has 0 aromatic heterocycles. The molecule has 0 radical (unpaired) electrons. The molecule has 3 atom stereocenters. The van der Waals surface area contributed by atoms with E-state index in [9.17, 15) is 26.3 Å². The van der Waals surface area contributed by atoms with Crippen LogP contribution in [0, 0.1) is 17.8 Å². The highest BCUT2D eigenvalue weighted by Crippen LogP contribution is 2.57. The standard InChI is InChI=1S/C15H22F6O/c1-12(2,3)22-13(14(16,17)18,15(19,20)21)8-11-7-9-4-5-10(11)6-9/h9-11H,4-8H2,1-3H3. The van der Waals surface area contributed by atoms with Gasteiger partial charge in [-0.05, 0) is 64.2 Å². The third kappa shape index (κ3) is 3.24. The Morgan fingerprint density at radius 3 is 1.73 bits per heavy atom. The monoisotopic (exact) mass is 332 g/mol. The van der Waals surface area contributed by atoms with Crippen LogP contribution in [0.25, 0.3) is 0 Å². The molecular weight excluding hydrogens is 310 g/mol. The Labute approximate surface area is 126 Å². The fourth-order valence-electron chi connectivity index (χ4n) is 4.07. The van der Waals surface area contributed by atoms with Crippen molar-refractivity contribution < 1.29 is 31.1 Å². The molecule has 3 unspecified atom stereocenters. The largest absolute Gasteiger partial charge is 0.426 e. The van der Waals surface area contributed by atoms with Gasteiger partial charge in [-0.1, -0.05) is 6.42 Å². The number of halogens is 6.